The summed E-state index contributed by atoms with van der Waals surface area (Å²) in [5.41, 5.74) is 8.01. The monoisotopic (exact) mass is 420 g/mol. The standard InChI is InChI=1S/C25H28N2O4/c1-30-22-10-5-9-20(15-22)17-27(14-6-13-26)25(29)21-11-12-24(23(28)16-21)31-18-19-7-3-2-4-8-19/h2-5,7-12,15-16,28H,6,13-14,17-18,26H2,1H3. The number of benzene rings is 3. The van der Waals surface area contributed by atoms with Crippen LogP contribution in [-0.4, -0.2) is 36.1 Å². The lowest BCUT2D eigenvalue weighted by molar-refractivity contribution is 0.0741. The van der Waals surface area contributed by atoms with Crippen molar-refractivity contribution in [2.24, 2.45) is 5.73 Å². The minimum Gasteiger partial charge on any atom is -0.504 e. The minimum absolute atomic E-state index is 0.0677. The normalized spacial score (nSPS) is 10.5. The highest BCUT2D eigenvalue weighted by Crippen LogP contribution is 2.28. The van der Waals surface area contributed by atoms with Crippen LogP contribution in [0.3, 0.4) is 0 Å². The first-order valence-electron chi connectivity index (χ1n) is 10.2. The number of amides is 1. The number of methoxy groups -OCH3 is 1. The summed E-state index contributed by atoms with van der Waals surface area (Å²) >= 11 is 0. The van der Waals surface area contributed by atoms with E-state index in [9.17, 15) is 9.90 Å². The van der Waals surface area contributed by atoms with Crippen molar-refractivity contribution in [3.8, 4) is 17.2 Å². The van der Waals surface area contributed by atoms with Gasteiger partial charge in [-0.3, -0.25) is 4.79 Å². The van der Waals surface area contributed by atoms with Crippen LogP contribution in [0, 0.1) is 0 Å². The zero-order valence-electron chi connectivity index (χ0n) is 17.7. The van der Waals surface area contributed by atoms with Crippen molar-refractivity contribution in [2.75, 3.05) is 20.2 Å². The molecule has 0 unspecified atom stereocenters. The number of aromatic hydroxyl groups is 1. The van der Waals surface area contributed by atoms with E-state index in [1.165, 1.54) is 6.07 Å². The quantitative estimate of drug-likeness (QED) is 0.518. The average Bonchev–Trinajstić information content (AvgIpc) is 2.81. The summed E-state index contributed by atoms with van der Waals surface area (Å²) in [6.07, 6.45) is 0.681. The highest BCUT2D eigenvalue weighted by atomic mass is 16.5. The first-order valence-corrected chi connectivity index (χ1v) is 10.2. The molecule has 0 aliphatic heterocycles. The van der Waals surface area contributed by atoms with E-state index in [4.69, 9.17) is 15.2 Å². The molecular formula is C25H28N2O4. The highest BCUT2D eigenvalue weighted by Gasteiger charge is 2.18. The van der Waals surface area contributed by atoms with E-state index in [-0.39, 0.29) is 11.7 Å². The maximum absolute atomic E-state index is 13.2. The molecule has 0 spiro atoms. The van der Waals surface area contributed by atoms with Crippen LogP contribution in [0.4, 0.5) is 0 Å². The van der Waals surface area contributed by atoms with Crippen molar-refractivity contribution in [1.29, 1.82) is 0 Å². The van der Waals surface area contributed by atoms with Crippen LogP contribution in [0.25, 0.3) is 0 Å². The van der Waals surface area contributed by atoms with Gasteiger partial charge in [0.1, 0.15) is 12.4 Å². The van der Waals surface area contributed by atoms with Gasteiger partial charge in [-0.15, -0.1) is 0 Å². The molecule has 3 aromatic rings. The Balaban J connectivity index is 1.73. The van der Waals surface area contributed by atoms with Gasteiger partial charge in [0.25, 0.3) is 5.91 Å². The number of carbonyl (C=O) groups excluding carboxylic acids is 1. The Labute approximate surface area is 182 Å². The molecule has 162 valence electrons. The van der Waals surface area contributed by atoms with Crippen LogP contribution >= 0.6 is 0 Å². The Morgan fingerprint density at radius 3 is 2.48 bits per heavy atom. The smallest absolute Gasteiger partial charge is 0.254 e. The molecule has 3 aromatic carbocycles. The second-order valence-electron chi connectivity index (χ2n) is 7.18. The largest absolute Gasteiger partial charge is 0.504 e. The third kappa shape index (κ3) is 6.23. The average molecular weight is 421 g/mol. The van der Waals surface area contributed by atoms with Crippen LogP contribution in [0.15, 0.2) is 72.8 Å². The molecule has 0 aliphatic carbocycles. The molecule has 3 rings (SSSR count). The number of nitrogens with zero attached hydrogens (tertiary/aromatic N) is 1. The molecular weight excluding hydrogens is 392 g/mol. The van der Waals surface area contributed by atoms with E-state index in [0.29, 0.717) is 44.0 Å². The Morgan fingerprint density at radius 2 is 1.77 bits per heavy atom. The lowest BCUT2D eigenvalue weighted by Gasteiger charge is -2.23. The number of phenols is 1. The number of hydrogen-bond acceptors (Lipinski definition) is 5. The van der Waals surface area contributed by atoms with Crippen molar-refractivity contribution >= 4 is 5.91 Å². The molecule has 0 radical (unpaired) electrons. The zero-order chi connectivity index (χ0) is 22.1. The summed E-state index contributed by atoms with van der Waals surface area (Å²) in [5.74, 6) is 0.825. The lowest BCUT2D eigenvalue weighted by atomic mass is 10.1. The van der Waals surface area contributed by atoms with Crippen LogP contribution < -0.4 is 15.2 Å². The fourth-order valence-corrected chi connectivity index (χ4v) is 3.22. The van der Waals surface area contributed by atoms with Gasteiger partial charge in [0, 0.05) is 18.7 Å². The van der Waals surface area contributed by atoms with E-state index in [1.54, 1.807) is 24.1 Å². The summed E-state index contributed by atoms with van der Waals surface area (Å²) in [6, 6.07) is 22.0. The molecule has 0 atom stereocenters. The van der Waals surface area contributed by atoms with Gasteiger partial charge >= 0.3 is 0 Å². The van der Waals surface area contributed by atoms with E-state index in [0.717, 1.165) is 16.9 Å². The fourth-order valence-electron chi connectivity index (χ4n) is 3.22. The number of phenolic OH excluding ortho intramolecular Hbond substituents is 1. The van der Waals surface area contributed by atoms with Crippen molar-refractivity contribution < 1.29 is 19.4 Å². The SMILES string of the molecule is COc1cccc(CN(CCCN)C(=O)c2ccc(OCc3ccccc3)c(O)c2)c1. The van der Waals surface area contributed by atoms with E-state index >= 15 is 0 Å². The van der Waals surface area contributed by atoms with E-state index in [2.05, 4.69) is 0 Å². The number of rotatable bonds is 10. The second-order valence-corrected chi connectivity index (χ2v) is 7.18. The maximum Gasteiger partial charge on any atom is 0.254 e. The van der Waals surface area contributed by atoms with Crippen molar-refractivity contribution in [1.82, 2.24) is 4.90 Å². The Morgan fingerprint density at radius 1 is 1.00 bits per heavy atom. The Kier molecular flexibility index (Phi) is 7.90. The summed E-state index contributed by atoms with van der Waals surface area (Å²) in [5, 5.41) is 10.4. The second kappa shape index (κ2) is 11.0. The van der Waals surface area contributed by atoms with Gasteiger partial charge in [0.2, 0.25) is 0 Å². The molecule has 0 saturated heterocycles. The fraction of sp³-hybridized carbons (Fsp3) is 0.240. The molecule has 0 aromatic heterocycles. The predicted molar refractivity (Wildman–Crippen MR) is 120 cm³/mol. The first kappa shape index (κ1) is 22.2. The van der Waals surface area contributed by atoms with Gasteiger partial charge in [-0.1, -0.05) is 42.5 Å². The molecule has 0 bridgehead atoms. The molecule has 0 saturated carbocycles. The summed E-state index contributed by atoms with van der Waals surface area (Å²) < 4.78 is 11.0. The molecule has 0 fully saturated rings. The third-order valence-electron chi connectivity index (χ3n) is 4.87. The zero-order valence-corrected chi connectivity index (χ0v) is 17.7. The summed E-state index contributed by atoms with van der Waals surface area (Å²) in [4.78, 5) is 14.9. The van der Waals surface area contributed by atoms with Crippen LogP contribution in [0.5, 0.6) is 17.2 Å². The van der Waals surface area contributed by atoms with E-state index in [1.807, 2.05) is 54.6 Å². The van der Waals surface area contributed by atoms with E-state index < -0.39 is 0 Å². The highest BCUT2D eigenvalue weighted by molar-refractivity contribution is 5.94. The lowest BCUT2D eigenvalue weighted by Crippen LogP contribution is -2.32. The van der Waals surface area contributed by atoms with Crippen LogP contribution in [-0.2, 0) is 13.2 Å². The molecule has 6 nitrogen and oxygen atoms in total. The number of ether oxygens (including phenoxy) is 2. The van der Waals surface area contributed by atoms with Gasteiger partial charge in [-0.2, -0.15) is 0 Å². The summed E-state index contributed by atoms with van der Waals surface area (Å²) in [7, 11) is 1.61. The third-order valence-corrected chi connectivity index (χ3v) is 4.87. The number of carbonyl (C=O) groups is 1. The van der Waals surface area contributed by atoms with Gasteiger partial charge in [0.15, 0.2) is 11.5 Å². The predicted octanol–water partition coefficient (Wildman–Crippen LogP) is 3.97. The van der Waals surface area contributed by atoms with Crippen LogP contribution in [0.2, 0.25) is 0 Å². The van der Waals surface area contributed by atoms with Gasteiger partial charge in [-0.25, -0.2) is 0 Å². The summed E-state index contributed by atoms with van der Waals surface area (Å²) in [6.45, 7) is 1.75. The van der Waals surface area contributed by atoms with Gasteiger partial charge in [-0.05, 0) is 54.4 Å². The topological polar surface area (TPSA) is 85.0 Å². The molecule has 1 amide bonds. The number of hydrogen-bond donors (Lipinski definition) is 2. The Hall–Kier alpha value is -3.51. The van der Waals surface area contributed by atoms with Crippen molar-refractivity contribution in [3.05, 3.63) is 89.5 Å². The van der Waals surface area contributed by atoms with Crippen molar-refractivity contribution in [3.63, 3.8) is 0 Å². The molecule has 6 heteroatoms. The van der Waals surface area contributed by atoms with Gasteiger partial charge in [0.05, 0.1) is 7.11 Å². The first-order chi connectivity index (χ1) is 15.1. The molecule has 3 N–H and O–H groups in total. The molecule has 0 aliphatic rings. The maximum atomic E-state index is 13.2. The number of nitrogens with two attached hydrogens (primary N) is 1. The molecule has 0 heterocycles. The Bertz CT molecular complexity index is 992. The van der Waals surface area contributed by atoms with Crippen molar-refractivity contribution in [2.45, 2.75) is 19.6 Å². The molecule has 31 heavy (non-hydrogen) atoms. The van der Waals surface area contributed by atoms with Gasteiger partial charge < -0.3 is 25.2 Å². The van der Waals surface area contributed by atoms with Crippen LogP contribution in [0.1, 0.15) is 27.9 Å². The minimum atomic E-state index is -0.179.